The van der Waals surface area contributed by atoms with Crippen molar-refractivity contribution in [1.29, 1.82) is 5.26 Å². The third-order valence-corrected chi connectivity index (χ3v) is 10.1. The predicted octanol–water partition coefficient (Wildman–Crippen LogP) is 11.4. The largest absolute Gasteiger partial charge is 0.456 e. The van der Waals surface area contributed by atoms with Gasteiger partial charge in [0.05, 0.1) is 33.9 Å². The molecule has 1 aliphatic carbocycles. The molecule has 48 heavy (non-hydrogen) atoms. The summed E-state index contributed by atoms with van der Waals surface area (Å²) in [5.74, 6) is 0.485. The smallest absolute Gasteiger partial charge is 0.136 e. The van der Waals surface area contributed by atoms with Crippen LogP contribution >= 0.6 is 0 Å². The van der Waals surface area contributed by atoms with Crippen LogP contribution in [0.5, 0.6) is 0 Å². The van der Waals surface area contributed by atoms with Crippen LogP contribution in [0.1, 0.15) is 23.7 Å². The summed E-state index contributed by atoms with van der Waals surface area (Å²) < 4.78 is 11.0. The van der Waals surface area contributed by atoms with Crippen LogP contribution in [0.4, 0.5) is 0 Å². The predicted molar refractivity (Wildman–Crippen MR) is 197 cm³/mol. The second-order valence-corrected chi connectivity index (χ2v) is 13.0. The van der Waals surface area contributed by atoms with Gasteiger partial charge in [-0.3, -0.25) is 0 Å². The molecule has 0 amide bonds. The van der Waals surface area contributed by atoms with E-state index in [0.29, 0.717) is 11.5 Å². The second kappa shape index (κ2) is 10.1. The van der Waals surface area contributed by atoms with Gasteiger partial charge in [-0.1, -0.05) is 85.8 Å². The number of para-hydroxylation sites is 3. The summed E-state index contributed by atoms with van der Waals surface area (Å²) in [6.07, 6.45) is 5.56. The monoisotopic (exact) mass is 615 g/mol. The average Bonchev–Trinajstić information content (AvgIpc) is 3.77. The highest BCUT2D eigenvalue weighted by Crippen LogP contribution is 2.41. The van der Waals surface area contributed by atoms with E-state index >= 15 is 0 Å². The highest BCUT2D eigenvalue weighted by atomic mass is 16.3. The molecule has 0 fully saturated rings. The SMILES string of the molecule is CC1C=Cc2c(c3ccccc3n2-c2cc(C#N)ccc2-c2ccc(-n3c4ccccc4c4cc5oc6ccccc6c5cc43)cc2)C1. The molecule has 0 saturated carbocycles. The van der Waals surface area contributed by atoms with Gasteiger partial charge < -0.3 is 13.6 Å². The average molecular weight is 616 g/mol. The first-order chi connectivity index (χ1) is 23.7. The fraction of sp³-hybridized carbons (Fsp3) is 0.0682. The zero-order chi connectivity index (χ0) is 31.9. The van der Waals surface area contributed by atoms with Crippen LogP contribution in [0.3, 0.4) is 0 Å². The molecule has 6 aromatic carbocycles. The van der Waals surface area contributed by atoms with Gasteiger partial charge in [-0.2, -0.15) is 5.26 Å². The summed E-state index contributed by atoms with van der Waals surface area (Å²) >= 11 is 0. The van der Waals surface area contributed by atoms with Crippen LogP contribution in [0.25, 0.3) is 83.2 Å². The number of hydrogen-bond acceptors (Lipinski definition) is 2. The van der Waals surface area contributed by atoms with E-state index in [9.17, 15) is 5.26 Å². The summed E-state index contributed by atoms with van der Waals surface area (Å²) in [5, 5.41) is 15.8. The maximum Gasteiger partial charge on any atom is 0.136 e. The molecular weight excluding hydrogens is 587 g/mol. The molecule has 3 aromatic heterocycles. The van der Waals surface area contributed by atoms with Crippen LogP contribution in [0, 0.1) is 17.2 Å². The van der Waals surface area contributed by atoms with Gasteiger partial charge in [0.15, 0.2) is 0 Å². The Balaban J connectivity index is 1.17. The van der Waals surface area contributed by atoms with Crippen molar-refractivity contribution >= 4 is 60.7 Å². The van der Waals surface area contributed by atoms with Gasteiger partial charge in [0.25, 0.3) is 0 Å². The standard InChI is InChI=1S/C44H29N3O/c1-27-14-21-40-35(22-27)32-8-3-6-12-39(32)47(40)41-23-28(26-45)15-20-31(41)29-16-18-30(19-17-29)46-38-11-5-2-9-33(38)36-25-44-37(24-42(36)46)34-10-4-7-13-43(34)48-44/h2-21,23-25,27H,22H2,1H3. The normalized spacial score (nSPS) is 14.4. The summed E-state index contributed by atoms with van der Waals surface area (Å²) in [6.45, 7) is 2.27. The number of hydrogen-bond donors (Lipinski definition) is 0. The molecule has 0 bridgehead atoms. The van der Waals surface area contributed by atoms with Crippen molar-refractivity contribution in [1.82, 2.24) is 9.13 Å². The van der Waals surface area contributed by atoms with E-state index in [1.807, 2.05) is 24.3 Å². The molecule has 1 atom stereocenters. The highest BCUT2D eigenvalue weighted by Gasteiger charge is 2.23. The number of fused-ring (bicyclic) bond motifs is 9. The Morgan fingerprint density at radius 1 is 0.646 bits per heavy atom. The quantitative estimate of drug-likeness (QED) is 0.198. The Bertz CT molecular complexity index is 2830. The fourth-order valence-corrected chi connectivity index (χ4v) is 7.91. The minimum atomic E-state index is 0.485. The van der Waals surface area contributed by atoms with Crippen LogP contribution in [-0.2, 0) is 6.42 Å². The first kappa shape index (κ1) is 26.9. The van der Waals surface area contributed by atoms with Crippen molar-refractivity contribution in [3.8, 4) is 28.6 Å². The molecule has 0 spiro atoms. The lowest BCUT2D eigenvalue weighted by atomic mass is 9.93. The van der Waals surface area contributed by atoms with Gasteiger partial charge in [0, 0.05) is 43.9 Å². The molecule has 4 nitrogen and oxygen atoms in total. The van der Waals surface area contributed by atoms with Crippen molar-refractivity contribution in [3.05, 3.63) is 150 Å². The first-order valence-corrected chi connectivity index (χ1v) is 16.5. The molecule has 9 aromatic rings. The van der Waals surface area contributed by atoms with Crippen molar-refractivity contribution in [2.45, 2.75) is 13.3 Å². The van der Waals surface area contributed by atoms with Gasteiger partial charge in [0.1, 0.15) is 11.2 Å². The lowest BCUT2D eigenvalue weighted by molar-refractivity contribution is 0.669. The molecule has 4 heteroatoms. The minimum Gasteiger partial charge on any atom is -0.456 e. The molecule has 0 radical (unpaired) electrons. The highest BCUT2D eigenvalue weighted by molar-refractivity contribution is 6.17. The van der Waals surface area contributed by atoms with Gasteiger partial charge in [-0.15, -0.1) is 0 Å². The topological polar surface area (TPSA) is 46.8 Å². The van der Waals surface area contributed by atoms with E-state index in [-0.39, 0.29) is 0 Å². The second-order valence-electron chi connectivity index (χ2n) is 13.0. The summed E-state index contributed by atoms with van der Waals surface area (Å²) in [4.78, 5) is 0. The van der Waals surface area contributed by atoms with E-state index in [2.05, 4.69) is 137 Å². The maximum atomic E-state index is 9.95. The number of allylic oxidation sites excluding steroid dienone is 1. The van der Waals surface area contributed by atoms with Crippen LogP contribution in [-0.4, -0.2) is 9.13 Å². The number of nitrogens with zero attached hydrogens (tertiary/aromatic N) is 3. The summed E-state index contributed by atoms with van der Waals surface area (Å²) in [5.41, 5.74) is 12.8. The van der Waals surface area contributed by atoms with Crippen molar-refractivity contribution in [2.75, 3.05) is 0 Å². The van der Waals surface area contributed by atoms with Gasteiger partial charge in [0.2, 0.25) is 0 Å². The third kappa shape index (κ3) is 3.82. The van der Waals surface area contributed by atoms with Crippen molar-refractivity contribution < 1.29 is 4.42 Å². The summed E-state index contributed by atoms with van der Waals surface area (Å²) in [7, 11) is 0. The third-order valence-electron chi connectivity index (χ3n) is 10.1. The minimum absolute atomic E-state index is 0.485. The molecule has 0 N–H and O–H groups in total. The molecule has 3 heterocycles. The lowest BCUT2D eigenvalue weighted by Crippen LogP contribution is -2.06. The van der Waals surface area contributed by atoms with Crippen LogP contribution in [0.2, 0.25) is 0 Å². The molecule has 1 aliphatic rings. The number of furan rings is 1. The van der Waals surface area contributed by atoms with Gasteiger partial charge in [-0.25, -0.2) is 0 Å². The Hall–Kier alpha value is -6.31. The fourth-order valence-electron chi connectivity index (χ4n) is 7.91. The molecule has 0 saturated heterocycles. The van der Waals surface area contributed by atoms with E-state index in [4.69, 9.17) is 4.42 Å². The Morgan fingerprint density at radius 2 is 1.38 bits per heavy atom. The number of aromatic nitrogens is 2. The molecule has 10 rings (SSSR count). The Labute approximate surface area is 277 Å². The van der Waals surface area contributed by atoms with Crippen LogP contribution < -0.4 is 0 Å². The number of benzene rings is 6. The van der Waals surface area contributed by atoms with E-state index in [1.165, 1.54) is 27.4 Å². The van der Waals surface area contributed by atoms with Crippen molar-refractivity contribution in [2.24, 2.45) is 5.92 Å². The maximum absolute atomic E-state index is 9.95. The Kier molecular flexibility index (Phi) is 5.65. The molecule has 1 unspecified atom stereocenters. The van der Waals surface area contributed by atoms with E-state index in [0.717, 1.165) is 67.4 Å². The van der Waals surface area contributed by atoms with Crippen molar-refractivity contribution in [3.63, 3.8) is 0 Å². The summed E-state index contributed by atoms with van der Waals surface area (Å²) in [6, 6.07) is 47.2. The van der Waals surface area contributed by atoms with Crippen LogP contribution in [0.15, 0.2) is 138 Å². The molecular formula is C44H29N3O. The zero-order valence-corrected chi connectivity index (χ0v) is 26.3. The molecule has 226 valence electrons. The lowest BCUT2D eigenvalue weighted by Gasteiger charge is -2.18. The van der Waals surface area contributed by atoms with E-state index < -0.39 is 0 Å². The zero-order valence-electron chi connectivity index (χ0n) is 26.3. The van der Waals surface area contributed by atoms with E-state index in [1.54, 1.807) is 0 Å². The van der Waals surface area contributed by atoms with Gasteiger partial charge >= 0.3 is 0 Å². The first-order valence-electron chi connectivity index (χ1n) is 16.5. The Morgan fingerprint density at radius 3 is 2.19 bits per heavy atom. The van der Waals surface area contributed by atoms with Gasteiger partial charge in [-0.05, 0) is 84.1 Å². The number of nitriles is 1. The number of rotatable bonds is 3. The molecule has 0 aliphatic heterocycles.